The maximum atomic E-state index is 14.2. The molecule has 1 aliphatic heterocycles. The van der Waals surface area contributed by atoms with Gasteiger partial charge in [-0.2, -0.15) is 0 Å². The van der Waals surface area contributed by atoms with E-state index in [-0.39, 0.29) is 25.8 Å². The van der Waals surface area contributed by atoms with Crippen molar-refractivity contribution >= 4 is 59.1 Å². The van der Waals surface area contributed by atoms with Gasteiger partial charge in [0, 0.05) is 13.0 Å². The average molecular weight is 1010 g/mol. The zero-order chi connectivity index (χ0) is 54.0. The first-order valence-corrected chi connectivity index (χ1v) is 23.9. The van der Waals surface area contributed by atoms with Crippen molar-refractivity contribution in [3.63, 3.8) is 0 Å². The zero-order valence-electron chi connectivity index (χ0n) is 41.8. The largest absolute Gasteiger partial charge is 0.480 e. The number of carboxylic acids is 1. The van der Waals surface area contributed by atoms with Crippen LogP contribution in [0.15, 0.2) is 60.7 Å². The molecule has 14 N–H and O–H groups in total. The molecule has 0 bridgehead atoms. The summed E-state index contributed by atoms with van der Waals surface area (Å²) in [6.45, 7) is 9.94. The Morgan fingerprint density at radius 1 is 0.583 bits per heavy atom. The molecule has 396 valence electrons. The second-order valence-electron chi connectivity index (χ2n) is 19.0. The zero-order valence-corrected chi connectivity index (χ0v) is 41.8. The Bertz CT molecular complexity index is 2210. The van der Waals surface area contributed by atoms with Gasteiger partial charge in [0.1, 0.15) is 48.3 Å². The lowest BCUT2D eigenvalue weighted by molar-refractivity contribution is -0.144. The summed E-state index contributed by atoms with van der Waals surface area (Å²) in [6, 6.07) is 4.97. The normalized spacial score (nSPS) is 17.2. The van der Waals surface area contributed by atoms with Crippen LogP contribution in [0.3, 0.4) is 0 Å². The van der Waals surface area contributed by atoms with E-state index in [0.717, 1.165) is 17.4 Å². The molecule has 72 heavy (non-hydrogen) atoms. The molecule has 0 saturated carbocycles. The molecule has 0 aromatic heterocycles. The summed E-state index contributed by atoms with van der Waals surface area (Å²) < 4.78 is 0. The van der Waals surface area contributed by atoms with E-state index in [1.165, 1.54) is 0 Å². The van der Waals surface area contributed by atoms with Crippen molar-refractivity contribution in [3.05, 3.63) is 71.8 Å². The fourth-order valence-electron chi connectivity index (χ4n) is 7.91. The third kappa shape index (κ3) is 17.7. The molecule has 3 rings (SSSR count). The van der Waals surface area contributed by atoms with Gasteiger partial charge < -0.3 is 68.9 Å². The smallest absolute Gasteiger partial charge is 0.326 e. The molecule has 23 heteroatoms. The number of likely N-dealkylation sites (tertiary alicyclic amines) is 1. The number of aliphatic hydroxyl groups excluding tert-OH is 2. The van der Waals surface area contributed by atoms with Gasteiger partial charge in [-0.25, -0.2) is 4.79 Å². The maximum Gasteiger partial charge on any atom is 0.326 e. The third-order valence-corrected chi connectivity index (χ3v) is 12.0. The van der Waals surface area contributed by atoms with Crippen LogP contribution >= 0.6 is 0 Å². The minimum atomic E-state index is -1.79. The van der Waals surface area contributed by atoms with Gasteiger partial charge in [0.25, 0.3) is 0 Å². The Kier molecular flexibility index (Phi) is 23.2. The second-order valence-corrected chi connectivity index (χ2v) is 19.0. The first kappa shape index (κ1) is 59.3. The van der Waals surface area contributed by atoms with Gasteiger partial charge in [0.2, 0.25) is 53.2 Å². The highest BCUT2D eigenvalue weighted by molar-refractivity contribution is 5.99. The molecule has 1 aliphatic rings. The summed E-state index contributed by atoms with van der Waals surface area (Å²) >= 11 is 0. The Morgan fingerprint density at radius 3 is 1.49 bits per heavy atom. The summed E-state index contributed by atoms with van der Waals surface area (Å²) in [5.74, 6) is -11.1. The van der Waals surface area contributed by atoms with E-state index in [1.807, 2.05) is 0 Å². The number of carboxylic acid groups (broad SMARTS) is 1. The number of aliphatic hydroxyl groups is 2. The molecule has 2 aromatic carbocycles. The average Bonchev–Trinajstić information content (AvgIpc) is 3.82. The van der Waals surface area contributed by atoms with E-state index >= 15 is 0 Å². The van der Waals surface area contributed by atoms with Crippen LogP contribution in [0.2, 0.25) is 0 Å². The molecule has 0 unspecified atom stereocenters. The molecule has 1 heterocycles. The van der Waals surface area contributed by atoms with Crippen molar-refractivity contribution in [3.8, 4) is 0 Å². The van der Waals surface area contributed by atoms with Gasteiger partial charge in [0.15, 0.2) is 0 Å². The van der Waals surface area contributed by atoms with Gasteiger partial charge in [-0.05, 0) is 55.1 Å². The first-order chi connectivity index (χ1) is 33.9. The third-order valence-electron chi connectivity index (χ3n) is 12.0. The summed E-state index contributed by atoms with van der Waals surface area (Å²) in [7, 11) is 0. The van der Waals surface area contributed by atoms with Crippen molar-refractivity contribution in [1.29, 1.82) is 0 Å². The van der Waals surface area contributed by atoms with Gasteiger partial charge in [-0.15, -0.1) is 0 Å². The predicted octanol–water partition coefficient (Wildman–Crippen LogP) is -2.52. The van der Waals surface area contributed by atoms with Crippen LogP contribution < -0.4 is 48.7 Å². The van der Waals surface area contributed by atoms with Gasteiger partial charge >= 0.3 is 5.97 Å². The van der Waals surface area contributed by atoms with E-state index < -0.39 is 150 Å². The van der Waals surface area contributed by atoms with E-state index in [4.69, 9.17) is 11.5 Å². The van der Waals surface area contributed by atoms with Crippen molar-refractivity contribution < 1.29 is 63.3 Å². The van der Waals surface area contributed by atoms with E-state index in [2.05, 4.69) is 37.2 Å². The Balaban J connectivity index is 1.72. The number of aliphatic carboxylic acids is 1. The molecule has 23 nitrogen and oxygen atoms in total. The van der Waals surface area contributed by atoms with E-state index in [9.17, 15) is 63.3 Å². The number of carbonyl (C=O) groups excluding carboxylic acids is 9. The monoisotopic (exact) mass is 1010 g/mol. The number of primary amides is 1. The van der Waals surface area contributed by atoms with Gasteiger partial charge in [0.05, 0.1) is 25.2 Å². The van der Waals surface area contributed by atoms with Crippen LogP contribution in [0.25, 0.3) is 0 Å². The lowest BCUT2D eigenvalue weighted by Gasteiger charge is -2.32. The summed E-state index contributed by atoms with van der Waals surface area (Å²) in [5.41, 5.74) is 12.9. The maximum absolute atomic E-state index is 14.2. The number of hydrogen-bond acceptors (Lipinski definition) is 13. The molecule has 1 fully saturated rings. The van der Waals surface area contributed by atoms with E-state index in [1.54, 1.807) is 102 Å². The van der Waals surface area contributed by atoms with Crippen molar-refractivity contribution in [2.75, 3.05) is 13.2 Å². The number of hydrogen-bond donors (Lipinski definition) is 12. The Hall–Kier alpha value is -6.98. The van der Waals surface area contributed by atoms with Crippen LogP contribution in [0, 0.1) is 17.8 Å². The van der Waals surface area contributed by atoms with Gasteiger partial charge in [-0.3, -0.25) is 43.2 Å². The molecule has 0 spiro atoms. The van der Waals surface area contributed by atoms with E-state index in [0.29, 0.717) is 12.0 Å². The van der Waals surface area contributed by atoms with Crippen LogP contribution in [-0.4, -0.2) is 153 Å². The summed E-state index contributed by atoms with van der Waals surface area (Å²) in [6.07, 6.45) is -1.89. The number of nitrogens with two attached hydrogens (primary N) is 2. The minimum Gasteiger partial charge on any atom is -0.480 e. The lowest BCUT2D eigenvalue weighted by Crippen LogP contribution is -2.63. The second kappa shape index (κ2) is 28.2. The van der Waals surface area contributed by atoms with Crippen molar-refractivity contribution in [1.82, 2.24) is 42.1 Å². The topological polar surface area (TPSA) is 371 Å². The highest BCUT2D eigenvalue weighted by atomic mass is 16.4. The quantitative estimate of drug-likeness (QED) is 0.0440. The predicted molar refractivity (Wildman–Crippen MR) is 261 cm³/mol. The molecule has 2 aromatic rings. The SMILES string of the molecule is CC(C)[C@H](NC(=O)[C@H](CO)NC(=O)[C@@H](N)Cc1ccccc1)C(=O)N[C@H](C(=O)N[C@@H](CC(N)=O)C(=O)N1CCC[C@H]1C(=O)N[C@H](C(=O)N[C@H](C(=O)N[C@@H](Cc1ccccc1)C(=O)O)C(C)C)C(C)C)[C@@H](C)O. The van der Waals surface area contributed by atoms with Crippen LogP contribution in [-0.2, 0) is 60.8 Å². The van der Waals surface area contributed by atoms with Crippen LogP contribution in [0.5, 0.6) is 0 Å². The standard InChI is InChI=1S/C49H72N10O13/c1-25(2)37(44(66)53-33(49(71)72)22-30-17-12-9-13-18-30)57-45(67)39(27(5)6)56-43(65)35-19-14-20-59(35)48(70)32(23-36(51)62)52-47(69)40(28(7)61)58-46(68)38(26(3)4)55-42(64)34(24-60)54-41(63)31(50)21-29-15-10-8-11-16-29/h8-13,15-18,25-28,31-35,37-40,60-61H,14,19-24,50H2,1-7H3,(H2,51,62)(H,52,69)(H,53,66)(H,54,63)(H,55,64)(H,56,65)(H,57,67)(H,58,68)(H,71,72)/t28-,31+,32+,33+,34+,35+,37+,38+,39+,40+/m1/s1. The molecule has 10 atom stereocenters. The number of amides is 9. The number of nitrogens with one attached hydrogen (secondary N) is 7. The number of rotatable bonds is 27. The Labute approximate surface area is 418 Å². The number of nitrogens with zero attached hydrogens (tertiary/aromatic N) is 1. The molecule has 9 amide bonds. The summed E-state index contributed by atoms with van der Waals surface area (Å²) in [4.78, 5) is 135. The summed E-state index contributed by atoms with van der Waals surface area (Å²) in [5, 5.41) is 47.9. The molecule has 0 aliphatic carbocycles. The highest BCUT2D eigenvalue weighted by Gasteiger charge is 2.42. The minimum absolute atomic E-state index is 0.0200. The Morgan fingerprint density at radius 2 is 1.01 bits per heavy atom. The highest BCUT2D eigenvalue weighted by Crippen LogP contribution is 2.21. The van der Waals surface area contributed by atoms with Crippen molar-refractivity contribution in [2.45, 2.75) is 141 Å². The fourth-order valence-corrected chi connectivity index (χ4v) is 7.91. The molecular weight excluding hydrogens is 937 g/mol. The fraction of sp³-hybridized carbons (Fsp3) is 0.551. The number of carbonyl (C=O) groups is 10. The van der Waals surface area contributed by atoms with Crippen molar-refractivity contribution in [2.24, 2.45) is 29.2 Å². The van der Waals surface area contributed by atoms with Gasteiger partial charge in [-0.1, -0.05) is 102 Å². The number of benzene rings is 2. The van der Waals surface area contributed by atoms with Crippen LogP contribution in [0.1, 0.15) is 78.9 Å². The van der Waals surface area contributed by atoms with Crippen LogP contribution in [0.4, 0.5) is 0 Å². The molecule has 1 saturated heterocycles. The lowest BCUT2D eigenvalue weighted by atomic mass is 9.98. The first-order valence-electron chi connectivity index (χ1n) is 23.9. The molecule has 0 radical (unpaired) electrons. The molecular formula is C49H72N10O13.